The van der Waals surface area contributed by atoms with Gasteiger partial charge in [-0.25, -0.2) is 8.42 Å². The van der Waals surface area contributed by atoms with Gasteiger partial charge in [0.05, 0.1) is 12.8 Å². The molecule has 0 aromatic heterocycles. The molecule has 6 heteroatoms. The van der Waals surface area contributed by atoms with E-state index in [0.717, 1.165) is 6.42 Å². The second kappa shape index (κ2) is 6.25. The quantitative estimate of drug-likeness (QED) is 0.813. The number of rotatable bonds is 6. The van der Waals surface area contributed by atoms with Crippen molar-refractivity contribution < 1.29 is 13.2 Å². The molecule has 0 amide bonds. The van der Waals surface area contributed by atoms with Crippen molar-refractivity contribution in [2.45, 2.75) is 38.1 Å². The van der Waals surface area contributed by atoms with Crippen LogP contribution < -0.4 is 10.5 Å². The molecule has 5 nitrogen and oxygen atoms in total. The summed E-state index contributed by atoms with van der Waals surface area (Å²) in [6, 6.07) is 4.57. The van der Waals surface area contributed by atoms with E-state index in [1.165, 1.54) is 23.5 Å². The zero-order valence-corrected chi connectivity index (χ0v) is 12.7. The SMILES string of the molecule is CCC(C)N(CC)S(=O)(=O)c1ccc(OC)cc1N. The molecule has 0 saturated heterocycles. The molecule has 0 fully saturated rings. The van der Waals surface area contributed by atoms with Crippen LogP contribution in [0.2, 0.25) is 0 Å². The van der Waals surface area contributed by atoms with Crippen molar-refractivity contribution in [3.8, 4) is 5.75 Å². The second-order valence-corrected chi connectivity index (χ2v) is 6.23. The van der Waals surface area contributed by atoms with E-state index in [1.807, 2.05) is 20.8 Å². The molecule has 0 aliphatic heterocycles. The predicted octanol–water partition coefficient (Wildman–Crippen LogP) is 2.09. The first-order valence-corrected chi connectivity index (χ1v) is 7.77. The molecule has 0 bridgehead atoms. The third-order valence-electron chi connectivity index (χ3n) is 3.20. The number of nitrogen functional groups attached to an aromatic ring is 1. The predicted molar refractivity (Wildman–Crippen MR) is 76.7 cm³/mol. The van der Waals surface area contributed by atoms with E-state index < -0.39 is 10.0 Å². The molecule has 0 aliphatic rings. The van der Waals surface area contributed by atoms with Crippen LogP contribution in [0.4, 0.5) is 5.69 Å². The van der Waals surface area contributed by atoms with Crippen molar-refractivity contribution >= 4 is 15.7 Å². The van der Waals surface area contributed by atoms with Gasteiger partial charge in [-0.1, -0.05) is 13.8 Å². The van der Waals surface area contributed by atoms with Gasteiger partial charge in [0, 0.05) is 18.7 Å². The number of nitrogens with zero attached hydrogens (tertiary/aromatic N) is 1. The Labute approximate surface area is 115 Å². The molecule has 0 saturated carbocycles. The Balaban J connectivity index is 3.26. The van der Waals surface area contributed by atoms with Crippen LogP contribution in [0.5, 0.6) is 5.75 Å². The number of ether oxygens (including phenoxy) is 1. The van der Waals surface area contributed by atoms with Gasteiger partial charge in [-0.05, 0) is 25.5 Å². The lowest BCUT2D eigenvalue weighted by molar-refractivity contribution is 0.342. The summed E-state index contributed by atoms with van der Waals surface area (Å²) in [5.74, 6) is 0.544. The number of methoxy groups -OCH3 is 1. The standard InChI is InChI=1S/C13H22N2O3S/c1-5-10(3)15(6-2)19(16,17)13-8-7-11(18-4)9-12(13)14/h7-10H,5-6,14H2,1-4H3. The summed E-state index contributed by atoms with van der Waals surface area (Å²) >= 11 is 0. The van der Waals surface area contributed by atoms with E-state index in [0.29, 0.717) is 12.3 Å². The van der Waals surface area contributed by atoms with E-state index in [1.54, 1.807) is 6.07 Å². The molecule has 1 atom stereocenters. The summed E-state index contributed by atoms with van der Waals surface area (Å²) in [5, 5.41) is 0. The van der Waals surface area contributed by atoms with E-state index in [9.17, 15) is 8.42 Å². The molecular formula is C13H22N2O3S. The van der Waals surface area contributed by atoms with Gasteiger partial charge in [0.2, 0.25) is 10.0 Å². The van der Waals surface area contributed by atoms with Gasteiger partial charge in [0.15, 0.2) is 0 Å². The highest BCUT2D eigenvalue weighted by atomic mass is 32.2. The maximum Gasteiger partial charge on any atom is 0.245 e. The summed E-state index contributed by atoms with van der Waals surface area (Å²) in [7, 11) is -2.05. The molecule has 2 N–H and O–H groups in total. The van der Waals surface area contributed by atoms with E-state index in [4.69, 9.17) is 10.5 Å². The Morgan fingerprint density at radius 3 is 2.42 bits per heavy atom. The van der Waals surface area contributed by atoms with E-state index >= 15 is 0 Å². The zero-order valence-electron chi connectivity index (χ0n) is 11.9. The van der Waals surface area contributed by atoms with Crippen LogP contribution in [0, 0.1) is 0 Å². The largest absolute Gasteiger partial charge is 0.497 e. The maximum atomic E-state index is 12.6. The molecule has 1 aromatic carbocycles. The molecule has 1 aromatic rings. The summed E-state index contributed by atoms with van der Waals surface area (Å²) in [5.41, 5.74) is 6.04. The van der Waals surface area contributed by atoms with Gasteiger partial charge in [0.1, 0.15) is 10.6 Å². The monoisotopic (exact) mass is 286 g/mol. The van der Waals surface area contributed by atoms with Crippen LogP contribution in [-0.4, -0.2) is 32.4 Å². The minimum absolute atomic E-state index is 0.0588. The number of hydrogen-bond acceptors (Lipinski definition) is 4. The molecular weight excluding hydrogens is 264 g/mol. The number of sulfonamides is 1. The molecule has 19 heavy (non-hydrogen) atoms. The van der Waals surface area contributed by atoms with Crippen LogP contribution in [-0.2, 0) is 10.0 Å². The minimum atomic E-state index is -3.57. The highest BCUT2D eigenvalue weighted by Gasteiger charge is 2.28. The second-order valence-electron chi connectivity index (χ2n) is 4.37. The maximum absolute atomic E-state index is 12.6. The van der Waals surface area contributed by atoms with E-state index in [2.05, 4.69) is 0 Å². The van der Waals surface area contributed by atoms with Gasteiger partial charge >= 0.3 is 0 Å². The number of anilines is 1. The molecule has 0 radical (unpaired) electrons. The van der Waals surface area contributed by atoms with Gasteiger partial charge in [-0.2, -0.15) is 4.31 Å². The number of benzene rings is 1. The molecule has 0 spiro atoms. The first kappa shape index (κ1) is 15.8. The number of hydrogen-bond donors (Lipinski definition) is 1. The Kier molecular flexibility index (Phi) is 5.20. The molecule has 1 unspecified atom stereocenters. The van der Waals surface area contributed by atoms with Crippen molar-refractivity contribution in [3.63, 3.8) is 0 Å². The van der Waals surface area contributed by atoms with Crippen LogP contribution in [0.25, 0.3) is 0 Å². The van der Waals surface area contributed by atoms with Gasteiger partial charge < -0.3 is 10.5 Å². The topological polar surface area (TPSA) is 72.6 Å². The van der Waals surface area contributed by atoms with Crippen molar-refractivity contribution in [1.82, 2.24) is 4.31 Å². The fourth-order valence-corrected chi connectivity index (χ4v) is 3.75. The lowest BCUT2D eigenvalue weighted by Gasteiger charge is -2.26. The van der Waals surface area contributed by atoms with Gasteiger partial charge in [-0.3, -0.25) is 0 Å². The average molecular weight is 286 g/mol. The first-order valence-electron chi connectivity index (χ1n) is 6.33. The molecule has 0 heterocycles. The fourth-order valence-electron chi connectivity index (χ4n) is 1.94. The van der Waals surface area contributed by atoms with Gasteiger partial charge in [0.25, 0.3) is 0 Å². The fraction of sp³-hybridized carbons (Fsp3) is 0.538. The summed E-state index contributed by atoms with van der Waals surface area (Å²) in [6.07, 6.45) is 0.753. The Morgan fingerprint density at radius 2 is 2.00 bits per heavy atom. The summed E-state index contributed by atoms with van der Waals surface area (Å²) in [6.45, 7) is 6.09. The Bertz CT molecular complexity index is 529. The lowest BCUT2D eigenvalue weighted by atomic mass is 10.3. The van der Waals surface area contributed by atoms with Crippen LogP contribution in [0.1, 0.15) is 27.2 Å². The first-order chi connectivity index (χ1) is 8.88. The smallest absolute Gasteiger partial charge is 0.245 e. The lowest BCUT2D eigenvalue weighted by Crippen LogP contribution is -2.38. The van der Waals surface area contributed by atoms with Crippen molar-refractivity contribution in [3.05, 3.63) is 18.2 Å². The summed E-state index contributed by atoms with van der Waals surface area (Å²) in [4.78, 5) is 0.135. The Morgan fingerprint density at radius 1 is 1.37 bits per heavy atom. The third kappa shape index (κ3) is 3.19. The molecule has 1 rings (SSSR count). The van der Waals surface area contributed by atoms with Gasteiger partial charge in [-0.15, -0.1) is 0 Å². The molecule has 0 aliphatic carbocycles. The number of nitrogens with two attached hydrogens (primary N) is 1. The van der Waals surface area contributed by atoms with Crippen LogP contribution in [0.3, 0.4) is 0 Å². The van der Waals surface area contributed by atoms with Crippen molar-refractivity contribution in [2.75, 3.05) is 19.4 Å². The third-order valence-corrected chi connectivity index (χ3v) is 5.36. The Hall–Kier alpha value is -1.27. The normalized spacial score (nSPS) is 13.5. The van der Waals surface area contributed by atoms with E-state index in [-0.39, 0.29) is 16.6 Å². The highest BCUT2D eigenvalue weighted by Crippen LogP contribution is 2.27. The minimum Gasteiger partial charge on any atom is -0.497 e. The highest BCUT2D eigenvalue weighted by molar-refractivity contribution is 7.89. The van der Waals surface area contributed by atoms with Crippen LogP contribution >= 0.6 is 0 Å². The summed E-state index contributed by atoms with van der Waals surface area (Å²) < 4.78 is 31.7. The zero-order chi connectivity index (χ0) is 14.6. The average Bonchev–Trinajstić information content (AvgIpc) is 2.38. The van der Waals surface area contributed by atoms with Crippen LogP contribution in [0.15, 0.2) is 23.1 Å². The van der Waals surface area contributed by atoms with Crippen molar-refractivity contribution in [1.29, 1.82) is 0 Å². The molecule has 108 valence electrons. The van der Waals surface area contributed by atoms with Crippen molar-refractivity contribution in [2.24, 2.45) is 0 Å².